The average molecular weight is 455 g/mol. The minimum atomic E-state index is 0.0770. The monoisotopic (exact) mass is 454 g/mol. The highest BCUT2D eigenvalue weighted by Crippen LogP contribution is 2.18. The molecule has 1 aliphatic rings. The SMILES string of the molecule is O=C(c1cccc(COc2ccc(Br)cc2)c1)N1CCN(Cc2ccco2)CC1. The van der Waals surface area contributed by atoms with Gasteiger partial charge in [-0.3, -0.25) is 9.69 Å². The second kappa shape index (κ2) is 9.29. The summed E-state index contributed by atoms with van der Waals surface area (Å²) in [5, 5.41) is 0. The highest BCUT2D eigenvalue weighted by atomic mass is 79.9. The normalized spacial score (nSPS) is 14.7. The molecule has 6 heteroatoms. The van der Waals surface area contributed by atoms with Crippen molar-refractivity contribution in [3.63, 3.8) is 0 Å². The van der Waals surface area contributed by atoms with E-state index in [0.29, 0.717) is 12.2 Å². The predicted molar refractivity (Wildman–Crippen MR) is 115 cm³/mol. The third-order valence-corrected chi connectivity index (χ3v) is 5.54. The number of ether oxygens (including phenoxy) is 1. The number of amides is 1. The zero-order valence-electron chi connectivity index (χ0n) is 16.1. The molecule has 0 saturated carbocycles. The molecule has 1 amide bonds. The van der Waals surface area contributed by atoms with Gasteiger partial charge in [0.25, 0.3) is 5.91 Å². The Bertz CT molecular complexity index is 933. The quantitative estimate of drug-likeness (QED) is 0.546. The first kappa shape index (κ1) is 19.7. The van der Waals surface area contributed by atoms with Gasteiger partial charge in [-0.25, -0.2) is 0 Å². The molecular weight excluding hydrogens is 432 g/mol. The van der Waals surface area contributed by atoms with Gasteiger partial charge in [0.1, 0.15) is 18.1 Å². The van der Waals surface area contributed by atoms with Crippen LogP contribution in [0, 0.1) is 0 Å². The maximum absolute atomic E-state index is 12.9. The van der Waals surface area contributed by atoms with E-state index < -0.39 is 0 Å². The third-order valence-electron chi connectivity index (χ3n) is 5.01. The molecule has 0 atom stereocenters. The summed E-state index contributed by atoms with van der Waals surface area (Å²) in [5.74, 6) is 1.84. The molecule has 0 unspecified atom stereocenters. The standard InChI is InChI=1S/C23H23BrN2O3/c24-20-6-8-21(9-7-20)29-17-18-3-1-4-19(15-18)23(27)26-12-10-25(11-13-26)16-22-5-2-14-28-22/h1-9,14-15H,10-13,16-17H2. The van der Waals surface area contributed by atoms with Gasteiger partial charge in [-0.15, -0.1) is 0 Å². The molecule has 0 radical (unpaired) electrons. The van der Waals surface area contributed by atoms with Crippen LogP contribution in [0.5, 0.6) is 5.75 Å². The van der Waals surface area contributed by atoms with Crippen LogP contribution < -0.4 is 4.74 Å². The fourth-order valence-electron chi connectivity index (χ4n) is 3.41. The molecular formula is C23H23BrN2O3. The van der Waals surface area contributed by atoms with Crippen LogP contribution in [0.2, 0.25) is 0 Å². The molecule has 0 bridgehead atoms. The molecule has 150 valence electrons. The Morgan fingerprint density at radius 2 is 1.79 bits per heavy atom. The molecule has 3 aromatic rings. The second-order valence-electron chi connectivity index (χ2n) is 7.09. The maximum Gasteiger partial charge on any atom is 0.253 e. The van der Waals surface area contributed by atoms with E-state index >= 15 is 0 Å². The van der Waals surface area contributed by atoms with Gasteiger partial charge in [0.2, 0.25) is 0 Å². The van der Waals surface area contributed by atoms with Gasteiger partial charge < -0.3 is 14.1 Å². The van der Waals surface area contributed by atoms with Crippen molar-refractivity contribution >= 4 is 21.8 Å². The molecule has 2 heterocycles. The summed E-state index contributed by atoms with van der Waals surface area (Å²) in [4.78, 5) is 17.2. The number of piperazine rings is 1. The van der Waals surface area contributed by atoms with Crippen molar-refractivity contribution in [1.29, 1.82) is 0 Å². The Kier molecular flexibility index (Phi) is 6.32. The summed E-state index contributed by atoms with van der Waals surface area (Å²) in [5.41, 5.74) is 1.69. The molecule has 1 aliphatic heterocycles. The molecule has 1 aromatic heterocycles. The first-order valence-corrected chi connectivity index (χ1v) is 10.5. The van der Waals surface area contributed by atoms with Crippen molar-refractivity contribution in [2.45, 2.75) is 13.2 Å². The van der Waals surface area contributed by atoms with Crippen LogP contribution in [0.3, 0.4) is 0 Å². The molecule has 4 rings (SSSR count). The summed E-state index contributed by atoms with van der Waals surface area (Å²) < 4.78 is 12.3. The molecule has 0 N–H and O–H groups in total. The van der Waals surface area contributed by atoms with Gasteiger partial charge in [-0.05, 0) is 54.1 Å². The number of carbonyl (C=O) groups excluding carboxylic acids is 1. The number of nitrogens with zero attached hydrogens (tertiary/aromatic N) is 2. The first-order valence-electron chi connectivity index (χ1n) is 9.69. The van der Waals surface area contributed by atoms with Crippen molar-refractivity contribution in [2.75, 3.05) is 26.2 Å². The number of carbonyl (C=O) groups is 1. The Morgan fingerprint density at radius 3 is 2.52 bits per heavy atom. The van der Waals surface area contributed by atoms with Crippen molar-refractivity contribution < 1.29 is 13.9 Å². The summed E-state index contributed by atoms with van der Waals surface area (Å²) in [6.45, 7) is 4.35. The average Bonchev–Trinajstić information content (AvgIpc) is 3.27. The molecule has 29 heavy (non-hydrogen) atoms. The van der Waals surface area contributed by atoms with E-state index in [2.05, 4.69) is 20.8 Å². The van der Waals surface area contributed by atoms with Crippen LogP contribution in [-0.4, -0.2) is 41.9 Å². The topological polar surface area (TPSA) is 45.9 Å². The summed E-state index contributed by atoms with van der Waals surface area (Å²) in [6, 6.07) is 19.3. The summed E-state index contributed by atoms with van der Waals surface area (Å²) >= 11 is 3.42. The minimum Gasteiger partial charge on any atom is -0.489 e. The van der Waals surface area contributed by atoms with Gasteiger partial charge in [0, 0.05) is 36.2 Å². The second-order valence-corrected chi connectivity index (χ2v) is 8.01. The lowest BCUT2D eigenvalue weighted by atomic mass is 10.1. The van der Waals surface area contributed by atoms with E-state index in [1.165, 1.54) is 0 Å². The Morgan fingerprint density at radius 1 is 1.00 bits per heavy atom. The fraction of sp³-hybridized carbons (Fsp3) is 0.261. The number of benzene rings is 2. The number of hydrogen-bond donors (Lipinski definition) is 0. The van der Waals surface area contributed by atoms with E-state index in [4.69, 9.17) is 9.15 Å². The number of furan rings is 1. The van der Waals surface area contributed by atoms with Crippen molar-refractivity contribution in [1.82, 2.24) is 9.80 Å². The Labute approximate surface area is 179 Å². The lowest BCUT2D eigenvalue weighted by Crippen LogP contribution is -2.48. The fourth-order valence-corrected chi connectivity index (χ4v) is 3.67. The van der Waals surface area contributed by atoms with Gasteiger partial charge in [-0.1, -0.05) is 28.1 Å². The Balaban J connectivity index is 1.32. The van der Waals surface area contributed by atoms with Crippen LogP contribution in [0.25, 0.3) is 0 Å². The maximum atomic E-state index is 12.9. The molecule has 5 nitrogen and oxygen atoms in total. The smallest absolute Gasteiger partial charge is 0.253 e. The van der Waals surface area contributed by atoms with Gasteiger partial charge in [-0.2, -0.15) is 0 Å². The molecule has 2 aromatic carbocycles. The van der Waals surface area contributed by atoms with Gasteiger partial charge in [0.05, 0.1) is 12.8 Å². The van der Waals surface area contributed by atoms with Crippen LogP contribution in [-0.2, 0) is 13.2 Å². The van der Waals surface area contributed by atoms with Crippen LogP contribution >= 0.6 is 15.9 Å². The van der Waals surface area contributed by atoms with Crippen LogP contribution in [0.1, 0.15) is 21.7 Å². The highest BCUT2D eigenvalue weighted by Gasteiger charge is 2.22. The lowest BCUT2D eigenvalue weighted by molar-refractivity contribution is 0.0620. The van der Waals surface area contributed by atoms with Crippen molar-refractivity contribution in [3.8, 4) is 5.75 Å². The van der Waals surface area contributed by atoms with E-state index in [-0.39, 0.29) is 5.91 Å². The molecule has 1 saturated heterocycles. The zero-order valence-corrected chi connectivity index (χ0v) is 17.7. The largest absolute Gasteiger partial charge is 0.489 e. The van der Waals surface area contributed by atoms with Crippen LogP contribution in [0.4, 0.5) is 0 Å². The molecule has 0 aliphatic carbocycles. The number of hydrogen-bond acceptors (Lipinski definition) is 4. The predicted octanol–water partition coefficient (Wildman–Crippen LogP) is 4.58. The van der Waals surface area contributed by atoms with Gasteiger partial charge in [0.15, 0.2) is 0 Å². The summed E-state index contributed by atoms with van der Waals surface area (Å²) in [7, 11) is 0. The van der Waals surface area contributed by atoms with E-state index in [9.17, 15) is 4.79 Å². The lowest BCUT2D eigenvalue weighted by Gasteiger charge is -2.34. The van der Waals surface area contributed by atoms with Crippen molar-refractivity contribution in [3.05, 3.63) is 88.3 Å². The number of rotatable bonds is 6. The minimum absolute atomic E-state index is 0.0770. The molecule has 0 spiro atoms. The molecule has 1 fully saturated rings. The van der Waals surface area contributed by atoms with E-state index in [1.54, 1.807) is 6.26 Å². The summed E-state index contributed by atoms with van der Waals surface area (Å²) in [6.07, 6.45) is 1.70. The van der Waals surface area contributed by atoms with Crippen LogP contribution in [0.15, 0.2) is 75.8 Å². The van der Waals surface area contributed by atoms with E-state index in [1.807, 2.05) is 65.6 Å². The first-order chi connectivity index (χ1) is 14.2. The van der Waals surface area contributed by atoms with Gasteiger partial charge >= 0.3 is 0 Å². The Hall–Kier alpha value is -2.57. The van der Waals surface area contributed by atoms with Crippen molar-refractivity contribution in [2.24, 2.45) is 0 Å². The number of halogens is 1. The van der Waals surface area contributed by atoms with E-state index in [0.717, 1.165) is 54.3 Å². The highest BCUT2D eigenvalue weighted by molar-refractivity contribution is 9.10. The zero-order chi connectivity index (χ0) is 20.1. The third kappa shape index (κ3) is 5.28.